The van der Waals surface area contributed by atoms with Crippen molar-refractivity contribution in [3.63, 3.8) is 0 Å². The molecule has 1 heterocycles. The Kier molecular flexibility index (Phi) is 6.77. The third-order valence-electron chi connectivity index (χ3n) is 4.36. The van der Waals surface area contributed by atoms with Crippen LogP contribution in [-0.2, 0) is 20.3 Å². The summed E-state index contributed by atoms with van der Waals surface area (Å²) in [6, 6.07) is 14.6. The zero-order valence-corrected chi connectivity index (χ0v) is 15.7. The largest absolute Gasteiger partial charge is 0.328 e. The van der Waals surface area contributed by atoms with E-state index in [0.29, 0.717) is 22.9 Å². The third kappa shape index (κ3) is 4.89. The molecule has 1 fully saturated rings. The minimum Gasteiger partial charge on any atom is -0.328 e. The maximum Gasteiger partial charge on any atom is 0.206 e. The molecule has 8 heteroatoms. The second-order valence-electron chi connectivity index (χ2n) is 6.22. The van der Waals surface area contributed by atoms with Gasteiger partial charge in [0.2, 0.25) is 11.1 Å². The average Bonchev–Trinajstić information content (AvgIpc) is 2.65. The predicted molar refractivity (Wildman–Crippen MR) is 101 cm³/mol. The van der Waals surface area contributed by atoms with Crippen LogP contribution in [0.4, 0.5) is 0 Å². The van der Waals surface area contributed by atoms with Crippen LogP contribution in [0.1, 0.15) is 12.8 Å². The number of halogens is 1. The van der Waals surface area contributed by atoms with Crippen LogP contribution in [0.15, 0.2) is 53.4 Å². The lowest BCUT2D eigenvalue weighted by Gasteiger charge is -2.35. The average molecular weight is 397 g/mol. The molecule has 0 radical (unpaired) electrons. The zero-order chi connectivity index (χ0) is 18.5. The summed E-state index contributed by atoms with van der Waals surface area (Å²) in [7, 11) is 0. The Morgan fingerprint density at radius 1 is 1.15 bits per heavy atom. The van der Waals surface area contributed by atoms with E-state index in [1.165, 1.54) is 0 Å². The van der Waals surface area contributed by atoms with E-state index >= 15 is 0 Å². The molecular formula is C18H21ClN2O4S. The van der Waals surface area contributed by atoms with Crippen LogP contribution in [0.3, 0.4) is 0 Å². The number of nitrogens with zero attached hydrogens (tertiary/aromatic N) is 1. The van der Waals surface area contributed by atoms with Gasteiger partial charge in [-0.25, -0.2) is 9.10 Å². The third-order valence-corrected chi connectivity index (χ3v) is 5.59. The molecule has 140 valence electrons. The van der Waals surface area contributed by atoms with Gasteiger partial charge >= 0.3 is 0 Å². The Bertz CT molecular complexity index is 742. The molecule has 3 N–H and O–H groups in total. The molecular weight excluding hydrogens is 376 g/mol. The topological polar surface area (TPSA) is 85.0 Å². The molecule has 1 saturated heterocycles. The zero-order valence-electron chi connectivity index (χ0n) is 14.1. The van der Waals surface area contributed by atoms with E-state index in [-0.39, 0.29) is 18.7 Å². The van der Waals surface area contributed by atoms with Crippen LogP contribution in [0.25, 0.3) is 11.1 Å². The summed E-state index contributed by atoms with van der Waals surface area (Å²) in [5, 5.41) is 11.0. The maximum atomic E-state index is 12.5. The summed E-state index contributed by atoms with van der Waals surface area (Å²) in [5.74, 6) is 0. The van der Waals surface area contributed by atoms with Crippen LogP contribution in [-0.4, -0.2) is 39.8 Å². The smallest absolute Gasteiger partial charge is 0.206 e. The summed E-state index contributed by atoms with van der Waals surface area (Å²) in [6.07, 6.45) is 1.34. The molecule has 2 aromatic carbocycles. The summed E-state index contributed by atoms with van der Waals surface area (Å²) in [6.45, 7) is 0.587. The number of nitrogens with two attached hydrogens (primary N) is 1. The Morgan fingerprint density at radius 3 is 2.38 bits per heavy atom. The molecule has 2 aromatic rings. The molecule has 26 heavy (non-hydrogen) atoms. The van der Waals surface area contributed by atoms with Crippen molar-refractivity contribution in [3.8, 4) is 11.1 Å². The van der Waals surface area contributed by atoms with Crippen molar-refractivity contribution < 1.29 is 18.6 Å². The summed E-state index contributed by atoms with van der Waals surface area (Å²) >= 11 is 4.25. The van der Waals surface area contributed by atoms with Gasteiger partial charge in [0.15, 0.2) is 0 Å². The Labute approximate surface area is 160 Å². The van der Waals surface area contributed by atoms with Crippen LogP contribution in [0.2, 0.25) is 5.02 Å². The van der Waals surface area contributed by atoms with Crippen LogP contribution >= 0.6 is 11.6 Å². The van der Waals surface area contributed by atoms with Gasteiger partial charge in [0.1, 0.15) is 0 Å². The van der Waals surface area contributed by atoms with Gasteiger partial charge in [0, 0.05) is 17.6 Å². The quantitative estimate of drug-likeness (QED) is 0.576. The van der Waals surface area contributed by atoms with Gasteiger partial charge in [-0.1, -0.05) is 35.9 Å². The van der Waals surface area contributed by atoms with Crippen LogP contribution in [0, 0.1) is 0 Å². The molecule has 0 amide bonds. The van der Waals surface area contributed by atoms with Gasteiger partial charge < -0.3 is 5.73 Å². The lowest BCUT2D eigenvalue weighted by Crippen LogP contribution is -2.49. The van der Waals surface area contributed by atoms with E-state index in [9.17, 15) is 4.21 Å². The monoisotopic (exact) mass is 396 g/mol. The molecule has 0 aliphatic carbocycles. The minimum absolute atomic E-state index is 0.0158. The number of hydroxylamine groups is 2. The fourth-order valence-electron chi connectivity index (χ4n) is 2.93. The standard InChI is InChI=1S/C18H21ClN2O4S/c19-15-5-1-13(2-6-15)14-3-7-18(8-4-14)26(23)25-21-10-9-16(20)11-17(21)12-24-22/h1-8,16-17,22H,9-12,20H2. The van der Waals surface area contributed by atoms with Crippen molar-refractivity contribution in [3.05, 3.63) is 53.6 Å². The van der Waals surface area contributed by atoms with E-state index in [0.717, 1.165) is 17.5 Å². The lowest BCUT2D eigenvalue weighted by atomic mass is 10.0. The first kappa shape index (κ1) is 19.4. The number of hydrogen-bond donors (Lipinski definition) is 2. The van der Waals surface area contributed by atoms with E-state index in [4.69, 9.17) is 26.9 Å². The first-order chi connectivity index (χ1) is 12.6. The molecule has 3 unspecified atom stereocenters. The fraction of sp³-hybridized carbons (Fsp3) is 0.333. The van der Waals surface area contributed by atoms with Gasteiger partial charge in [-0.2, -0.15) is 9.35 Å². The molecule has 0 spiro atoms. The minimum atomic E-state index is -1.66. The van der Waals surface area contributed by atoms with E-state index in [2.05, 4.69) is 4.89 Å². The summed E-state index contributed by atoms with van der Waals surface area (Å²) in [4.78, 5) is 4.79. The Hall–Kier alpha value is -1.32. The van der Waals surface area contributed by atoms with Crippen LogP contribution < -0.4 is 5.73 Å². The second-order valence-corrected chi connectivity index (χ2v) is 7.74. The van der Waals surface area contributed by atoms with Crippen molar-refractivity contribution >= 4 is 22.7 Å². The molecule has 0 bridgehead atoms. The van der Waals surface area contributed by atoms with Crippen molar-refractivity contribution in [1.82, 2.24) is 5.06 Å². The van der Waals surface area contributed by atoms with E-state index in [1.807, 2.05) is 36.4 Å². The Balaban J connectivity index is 1.66. The van der Waals surface area contributed by atoms with Gasteiger partial charge in [0.05, 0.1) is 17.5 Å². The first-order valence-electron chi connectivity index (χ1n) is 8.31. The normalized spacial score (nSPS) is 22.3. The predicted octanol–water partition coefficient (Wildman–Crippen LogP) is 3.24. The number of piperidine rings is 1. The highest BCUT2D eigenvalue weighted by Gasteiger charge is 2.29. The number of benzene rings is 2. The lowest BCUT2D eigenvalue weighted by molar-refractivity contribution is -0.267. The van der Waals surface area contributed by atoms with Crippen molar-refractivity contribution in [2.24, 2.45) is 5.73 Å². The van der Waals surface area contributed by atoms with Gasteiger partial charge in [0.25, 0.3) is 0 Å². The number of hydrogen-bond acceptors (Lipinski definition) is 6. The summed E-state index contributed by atoms with van der Waals surface area (Å²) < 4.78 is 18.1. The maximum absolute atomic E-state index is 12.5. The highest BCUT2D eigenvalue weighted by Crippen LogP contribution is 2.24. The van der Waals surface area contributed by atoms with Crippen molar-refractivity contribution in [1.29, 1.82) is 0 Å². The van der Waals surface area contributed by atoms with Crippen molar-refractivity contribution in [2.45, 2.75) is 29.8 Å². The van der Waals surface area contributed by atoms with Gasteiger partial charge in [-0.3, -0.25) is 5.26 Å². The molecule has 1 aliphatic heterocycles. The van der Waals surface area contributed by atoms with E-state index < -0.39 is 11.1 Å². The molecule has 1 aliphatic rings. The summed E-state index contributed by atoms with van der Waals surface area (Å²) in [5.41, 5.74) is 7.96. The van der Waals surface area contributed by atoms with Gasteiger partial charge in [-0.05, 0) is 48.2 Å². The van der Waals surface area contributed by atoms with Gasteiger partial charge in [-0.15, -0.1) is 0 Å². The number of rotatable bonds is 6. The molecule has 3 rings (SSSR count). The van der Waals surface area contributed by atoms with Crippen LogP contribution in [0.5, 0.6) is 0 Å². The highest BCUT2D eigenvalue weighted by molar-refractivity contribution is 7.80. The highest BCUT2D eigenvalue weighted by atomic mass is 35.5. The van der Waals surface area contributed by atoms with E-state index in [1.54, 1.807) is 17.2 Å². The van der Waals surface area contributed by atoms with Crippen molar-refractivity contribution in [2.75, 3.05) is 13.2 Å². The fourth-order valence-corrected chi connectivity index (χ4v) is 3.87. The molecule has 6 nitrogen and oxygen atoms in total. The molecule has 0 aromatic heterocycles. The molecule has 0 saturated carbocycles. The molecule has 3 atom stereocenters. The first-order valence-corrected chi connectivity index (χ1v) is 9.77. The SMILES string of the molecule is NC1CCN(OS(=O)c2ccc(-c3ccc(Cl)cc3)cc2)C(COO)C1. The Morgan fingerprint density at radius 2 is 1.77 bits per heavy atom. The second kappa shape index (κ2) is 9.05.